The molecule has 1 rings (SSSR count). The van der Waals surface area contributed by atoms with Crippen molar-refractivity contribution in [2.75, 3.05) is 6.54 Å². The standard InChI is InChI=1S/C9H7BrN2O2/c1-11-6-5-7-3-2-4-8(9(7)10)12(13)14/h2-4H,5-6H2. The van der Waals surface area contributed by atoms with E-state index in [-0.39, 0.29) is 5.69 Å². The molecule has 0 heterocycles. The molecule has 5 heteroatoms. The van der Waals surface area contributed by atoms with Gasteiger partial charge in [-0.2, -0.15) is 0 Å². The van der Waals surface area contributed by atoms with Gasteiger partial charge in [0.25, 0.3) is 5.69 Å². The van der Waals surface area contributed by atoms with Gasteiger partial charge >= 0.3 is 0 Å². The normalized spacial score (nSPS) is 9.43. The fraction of sp³-hybridized carbons (Fsp3) is 0.222. The molecule has 0 aliphatic heterocycles. The van der Waals surface area contributed by atoms with Gasteiger partial charge in [0.2, 0.25) is 6.54 Å². The second-order valence-corrected chi connectivity index (χ2v) is 3.43. The summed E-state index contributed by atoms with van der Waals surface area (Å²) in [6.07, 6.45) is 0.533. The van der Waals surface area contributed by atoms with Crippen LogP contribution >= 0.6 is 15.9 Å². The molecule has 0 atom stereocenters. The van der Waals surface area contributed by atoms with Crippen molar-refractivity contribution in [2.24, 2.45) is 0 Å². The van der Waals surface area contributed by atoms with Gasteiger partial charge in [-0.1, -0.05) is 12.1 Å². The Bertz CT molecular complexity index is 398. The number of benzene rings is 1. The topological polar surface area (TPSA) is 47.5 Å². The van der Waals surface area contributed by atoms with E-state index in [9.17, 15) is 10.1 Å². The fourth-order valence-corrected chi connectivity index (χ4v) is 1.68. The van der Waals surface area contributed by atoms with Crippen molar-refractivity contribution < 1.29 is 4.92 Å². The average Bonchev–Trinajstić information content (AvgIpc) is 2.16. The third-order valence-corrected chi connectivity index (χ3v) is 2.66. The highest BCUT2D eigenvalue weighted by atomic mass is 79.9. The van der Waals surface area contributed by atoms with Crippen LogP contribution in [0.25, 0.3) is 4.85 Å². The molecular weight excluding hydrogens is 248 g/mol. The number of hydrogen-bond acceptors (Lipinski definition) is 2. The maximum absolute atomic E-state index is 10.6. The Labute approximate surface area is 89.6 Å². The van der Waals surface area contributed by atoms with Crippen molar-refractivity contribution >= 4 is 21.6 Å². The summed E-state index contributed by atoms with van der Waals surface area (Å²) in [6.45, 7) is 6.98. The summed E-state index contributed by atoms with van der Waals surface area (Å²) in [5.74, 6) is 0. The van der Waals surface area contributed by atoms with Crippen molar-refractivity contribution in [2.45, 2.75) is 6.42 Å². The number of halogens is 1. The summed E-state index contributed by atoms with van der Waals surface area (Å²) >= 11 is 3.17. The van der Waals surface area contributed by atoms with E-state index in [0.717, 1.165) is 5.56 Å². The van der Waals surface area contributed by atoms with E-state index in [1.807, 2.05) is 0 Å². The van der Waals surface area contributed by atoms with Crippen LogP contribution < -0.4 is 0 Å². The lowest BCUT2D eigenvalue weighted by atomic mass is 10.1. The number of nitro groups is 1. The molecule has 1 aromatic carbocycles. The van der Waals surface area contributed by atoms with Crippen molar-refractivity contribution in [3.05, 3.63) is 49.8 Å². The number of nitrogens with zero attached hydrogens (tertiary/aromatic N) is 2. The third kappa shape index (κ3) is 2.30. The molecule has 0 saturated heterocycles. The van der Waals surface area contributed by atoms with Gasteiger partial charge in [0.05, 0.1) is 9.40 Å². The smallest absolute Gasteiger partial charge is 0.283 e. The summed E-state index contributed by atoms with van der Waals surface area (Å²) in [4.78, 5) is 13.3. The quantitative estimate of drug-likeness (QED) is 0.473. The van der Waals surface area contributed by atoms with Gasteiger partial charge in [-0.15, -0.1) is 0 Å². The van der Waals surface area contributed by atoms with Gasteiger partial charge in [0.1, 0.15) is 0 Å². The van der Waals surface area contributed by atoms with E-state index in [1.165, 1.54) is 6.07 Å². The zero-order valence-corrected chi connectivity index (χ0v) is 8.82. The predicted octanol–water partition coefficient (Wildman–Crippen LogP) is 2.82. The second-order valence-electron chi connectivity index (χ2n) is 2.64. The van der Waals surface area contributed by atoms with E-state index in [1.54, 1.807) is 12.1 Å². The van der Waals surface area contributed by atoms with Gasteiger partial charge < -0.3 is 4.85 Å². The Morgan fingerprint density at radius 1 is 1.57 bits per heavy atom. The molecule has 0 N–H and O–H groups in total. The summed E-state index contributed by atoms with van der Waals surface area (Å²) in [5, 5.41) is 10.6. The van der Waals surface area contributed by atoms with Crippen molar-refractivity contribution in [3.63, 3.8) is 0 Å². The van der Waals surface area contributed by atoms with Crippen LogP contribution in [0.3, 0.4) is 0 Å². The Kier molecular flexibility index (Phi) is 3.60. The van der Waals surface area contributed by atoms with Gasteiger partial charge in [0, 0.05) is 12.5 Å². The predicted molar refractivity (Wildman–Crippen MR) is 56.0 cm³/mol. The van der Waals surface area contributed by atoms with Gasteiger partial charge in [-0.05, 0) is 21.5 Å². The molecule has 1 aromatic rings. The second kappa shape index (κ2) is 4.72. The summed E-state index contributed by atoms with van der Waals surface area (Å²) in [7, 11) is 0. The zero-order valence-electron chi connectivity index (χ0n) is 7.24. The van der Waals surface area contributed by atoms with E-state index >= 15 is 0 Å². The van der Waals surface area contributed by atoms with Crippen LogP contribution in [0.4, 0.5) is 5.69 Å². The minimum absolute atomic E-state index is 0.0486. The Balaban J connectivity index is 3.02. The highest BCUT2D eigenvalue weighted by Crippen LogP contribution is 2.28. The lowest BCUT2D eigenvalue weighted by molar-refractivity contribution is -0.385. The van der Waals surface area contributed by atoms with E-state index in [4.69, 9.17) is 6.57 Å². The molecule has 14 heavy (non-hydrogen) atoms. The highest BCUT2D eigenvalue weighted by Gasteiger charge is 2.14. The molecule has 0 bridgehead atoms. The first-order chi connectivity index (χ1) is 6.66. The Hall–Kier alpha value is -1.41. The summed E-state index contributed by atoms with van der Waals surface area (Å²) in [5.41, 5.74) is 0.850. The van der Waals surface area contributed by atoms with Crippen LogP contribution in [0.15, 0.2) is 22.7 Å². The van der Waals surface area contributed by atoms with Crippen LogP contribution in [-0.4, -0.2) is 11.5 Å². The Morgan fingerprint density at radius 3 is 2.86 bits per heavy atom. The molecule has 0 amide bonds. The van der Waals surface area contributed by atoms with Gasteiger partial charge in [-0.25, -0.2) is 6.57 Å². The Morgan fingerprint density at radius 2 is 2.29 bits per heavy atom. The molecule has 0 spiro atoms. The molecule has 0 radical (unpaired) electrons. The maximum Gasteiger partial charge on any atom is 0.283 e. The van der Waals surface area contributed by atoms with Crippen molar-refractivity contribution in [1.29, 1.82) is 0 Å². The fourth-order valence-electron chi connectivity index (χ4n) is 1.08. The number of nitro benzene ring substituents is 1. The molecule has 72 valence electrons. The first-order valence-corrected chi connectivity index (χ1v) is 4.71. The van der Waals surface area contributed by atoms with E-state index in [2.05, 4.69) is 20.8 Å². The number of hydrogen-bond donors (Lipinski definition) is 0. The van der Waals surface area contributed by atoms with Crippen LogP contribution in [-0.2, 0) is 6.42 Å². The van der Waals surface area contributed by atoms with Gasteiger partial charge in [0.15, 0.2) is 0 Å². The minimum Gasteiger partial charge on any atom is -0.317 e. The SMILES string of the molecule is [C-]#[N+]CCc1cccc([N+](=O)[O-])c1Br. The largest absolute Gasteiger partial charge is 0.317 e. The first kappa shape index (κ1) is 10.7. The molecule has 0 saturated carbocycles. The lowest BCUT2D eigenvalue weighted by Crippen LogP contribution is -1.94. The minimum atomic E-state index is -0.439. The van der Waals surface area contributed by atoms with Crippen LogP contribution in [0.5, 0.6) is 0 Å². The average molecular weight is 255 g/mol. The van der Waals surface area contributed by atoms with E-state index < -0.39 is 4.92 Å². The maximum atomic E-state index is 10.6. The van der Waals surface area contributed by atoms with E-state index in [0.29, 0.717) is 17.4 Å². The summed E-state index contributed by atoms with van der Waals surface area (Å²) in [6, 6.07) is 4.84. The molecule has 0 aliphatic carbocycles. The molecule has 0 fully saturated rings. The molecule has 4 nitrogen and oxygen atoms in total. The molecular formula is C9H7BrN2O2. The molecule has 0 aliphatic rings. The zero-order chi connectivity index (χ0) is 10.6. The first-order valence-electron chi connectivity index (χ1n) is 3.92. The molecule has 0 aromatic heterocycles. The van der Waals surface area contributed by atoms with Crippen LogP contribution in [0, 0.1) is 16.7 Å². The summed E-state index contributed by atoms with van der Waals surface area (Å²) < 4.78 is 0.480. The number of rotatable bonds is 3. The van der Waals surface area contributed by atoms with Crippen molar-refractivity contribution in [3.8, 4) is 0 Å². The highest BCUT2D eigenvalue weighted by molar-refractivity contribution is 9.10. The van der Waals surface area contributed by atoms with Crippen LogP contribution in [0.2, 0.25) is 0 Å². The third-order valence-electron chi connectivity index (χ3n) is 1.75. The van der Waals surface area contributed by atoms with Crippen molar-refractivity contribution in [1.82, 2.24) is 0 Å². The lowest BCUT2D eigenvalue weighted by Gasteiger charge is -2.00. The van der Waals surface area contributed by atoms with Crippen LogP contribution in [0.1, 0.15) is 5.56 Å². The monoisotopic (exact) mass is 254 g/mol. The molecule has 0 unspecified atom stereocenters. The van der Waals surface area contributed by atoms with Gasteiger partial charge in [-0.3, -0.25) is 10.1 Å².